The first-order chi connectivity index (χ1) is 11.9. The Balaban J connectivity index is 1.92. The fraction of sp³-hybridized carbons (Fsp3) is 0.188. The Morgan fingerprint density at radius 3 is 2.60 bits per heavy atom. The van der Waals surface area contributed by atoms with Crippen molar-refractivity contribution in [3.63, 3.8) is 0 Å². The van der Waals surface area contributed by atoms with Gasteiger partial charge in [0.25, 0.3) is 0 Å². The van der Waals surface area contributed by atoms with E-state index in [4.69, 9.17) is 5.26 Å². The second kappa shape index (κ2) is 8.78. The molecule has 2 aromatic rings. The molecule has 1 aromatic carbocycles. The van der Waals surface area contributed by atoms with E-state index < -0.39 is 11.7 Å². The number of nitriles is 1. The number of rotatable bonds is 6. The standard InChI is InChI=1S/C16H12F3N3OS2/c17-16(18,19)11-5-6-15(21-9-11)25-10-14(23)22-12-3-1-2-4-13(12)24-8-7-20/h1-6,9H,8,10H2,(H,22,23). The number of anilines is 1. The molecule has 1 heterocycles. The van der Waals surface area contributed by atoms with Crippen molar-refractivity contribution < 1.29 is 18.0 Å². The van der Waals surface area contributed by atoms with E-state index in [1.54, 1.807) is 24.3 Å². The van der Waals surface area contributed by atoms with Gasteiger partial charge in [0.2, 0.25) is 5.91 Å². The molecule has 0 bridgehead atoms. The number of carbonyl (C=O) groups is 1. The van der Waals surface area contributed by atoms with Gasteiger partial charge in [-0.05, 0) is 24.3 Å². The fourth-order valence-corrected chi connectivity index (χ4v) is 3.08. The van der Waals surface area contributed by atoms with Crippen molar-refractivity contribution in [1.29, 1.82) is 5.26 Å². The number of nitrogens with one attached hydrogen (secondary N) is 1. The summed E-state index contributed by atoms with van der Waals surface area (Å²) in [5.41, 5.74) is -0.238. The Hall–Kier alpha value is -2.18. The normalized spacial score (nSPS) is 11.0. The van der Waals surface area contributed by atoms with Gasteiger partial charge in [-0.3, -0.25) is 4.79 Å². The Labute approximate surface area is 150 Å². The molecule has 9 heteroatoms. The Bertz CT molecular complexity index is 773. The molecule has 0 fully saturated rings. The van der Waals surface area contributed by atoms with Gasteiger partial charge in [-0.25, -0.2) is 4.98 Å². The van der Waals surface area contributed by atoms with Crippen molar-refractivity contribution in [2.24, 2.45) is 0 Å². The molecule has 1 N–H and O–H groups in total. The molecule has 1 aromatic heterocycles. The van der Waals surface area contributed by atoms with Crippen molar-refractivity contribution in [1.82, 2.24) is 4.98 Å². The van der Waals surface area contributed by atoms with E-state index in [9.17, 15) is 18.0 Å². The number of amides is 1. The van der Waals surface area contributed by atoms with Crippen molar-refractivity contribution in [2.75, 3.05) is 16.8 Å². The Morgan fingerprint density at radius 1 is 1.20 bits per heavy atom. The van der Waals surface area contributed by atoms with Gasteiger partial charge in [0.05, 0.1) is 33.9 Å². The lowest BCUT2D eigenvalue weighted by molar-refractivity contribution is -0.137. The van der Waals surface area contributed by atoms with Gasteiger partial charge < -0.3 is 5.32 Å². The van der Waals surface area contributed by atoms with Crippen LogP contribution in [0.3, 0.4) is 0 Å². The highest BCUT2D eigenvalue weighted by molar-refractivity contribution is 8.00. The SMILES string of the molecule is N#CCSc1ccccc1NC(=O)CSc1ccc(C(F)(F)F)cn1. The van der Waals surface area contributed by atoms with Crippen molar-refractivity contribution in [3.8, 4) is 6.07 Å². The number of para-hydroxylation sites is 1. The predicted octanol–water partition coefficient (Wildman–Crippen LogP) is 4.45. The minimum Gasteiger partial charge on any atom is -0.324 e. The molecule has 0 atom stereocenters. The number of pyridine rings is 1. The molecule has 0 saturated heterocycles. The zero-order valence-corrected chi connectivity index (χ0v) is 14.3. The van der Waals surface area contributed by atoms with Gasteiger partial charge >= 0.3 is 6.18 Å². The number of carbonyl (C=O) groups excluding carboxylic acids is 1. The number of nitrogens with zero attached hydrogens (tertiary/aromatic N) is 2. The maximum Gasteiger partial charge on any atom is 0.417 e. The minimum atomic E-state index is -4.43. The summed E-state index contributed by atoms with van der Waals surface area (Å²) in [6, 6.07) is 11.3. The van der Waals surface area contributed by atoms with E-state index in [0.717, 1.165) is 28.9 Å². The van der Waals surface area contributed by atoms with Crippen LogP contribution >= 0.6 is 23.5 Å². The molecule has 0 aliphatic carbocycles. The van der Waals surface area contributed by atoms with E-state index in [-0.39, 0.29) is 17.4 Å². The first kappa shape index (κ1) is 19.1. The molecule has 4 nitrogen and oxygen atoms in total. The molecule has 0 saturated carbocycles. The van der Waals surface area contributed by atoms with Crippen LogP contribution in [-0.2, 0) is 11.0 Å². The van der Waals surface area contributed by atoms with Crippen molar-refractivity contribution in [2.45, 2.75) is 16.1 Å². The summed E-state index contributed by atoms with van der Waals surface area (Å²) in [6.07, 6.45) is -3.69. The molecule has 2 rings (SSSR count). The second-order valence-corrected chi connectivity index (χ2v) is 6.68. The van der Waals surface area contributed by atoms with Gasteiger partial charge in [-0.1, -0.05) is 23.9 Å². The molecule has 130 valence electrons. The third kappa shape index (κ3) is 5.99. The molecule has 25 heavy (non-hydrogen) atoms. The van der Waals surface area contributed by atoms with Crippen molar-refractivity contribution >= 4 is 35.1 Å². The van der Waals surface area contributed by atoms with Crippen LogP contribution in [0.25, 0.3) is 0 Å². The van der Waals surface area contributed by atoms with Crippen LogP contribution < -0.4 is 5.32 Å². The number of alkyl halides is 3. The van der Waals surface area contributed by atoms with Crippen LogP contribution in [0.1, 0.15) is 5.56 Å². The first-order valence-electron chi connectivity index (χ1n) is 6.95. The fourth-order valence-electron chi connectivity index (χ4n) is 1.76. The topological polar surface area (TPSA) is 65.8 Å². The number of halogens is 3. The summed E-state index contributed by atoms with van der Waals surface area (Å²) >= 11 is 2.35. The van der Waals surface area contributed by atoms with Crippen LogP contribution in [0.15, 0.2) is 52.5 Å². The summed E-state index contributed by atoms with van der Waals surface area (Å²) in [5, 5.41) is 11.7. The maximum atomic E-state index is 12.5. The first-order valence-corrected chi connectivity index (χ1v) is 8.92. The zero-order chi connectivity index (χ0) is 18.3. The second-order valence-electron chi connectivity index (χ2n) is 4.66. The Kier molecular flexibility index (Phi) is 6.73. The minimum absolute atomic E-state index is 0.00954. The molecule has 0 unspecified atom stereocenters. The third-order valence-corrected chi connectivity index (χ3v) is 4.75. The largest absolute Gasteiger partial charge is 0.417 e. The summed E-state index contributed by atoms with van der Waals surface area (Å²) in [7, 11) is 0. The number of hydrogen-bond acceptors (Lipinski definition) is 5. The number of thioether (sulfide) groups is 2. The highest BCUT2D eigenvalue weighted by Gasteiger charge is 2.30. The van der Waals surface area contributed by atoms with E-state index in [2.05, 4.69) is 10.3 Å². The average molecular weight is 383 g/mol. The summed E-state index contributed by atoms with van der Waals surface area (Å²) in [5.74, 6) is -0.0380. The number of hydrogen-bond donors (Lipinski definition) is 1. The highest BCUT2D eigenvalue weighted by atomic mass is 32.2. The quantitative estimate of drug-likeness (QED) is 0.747. The molecule has 0 spiro atoms. The zero-order valence-electron chi connectivity index (χ0n) is 12.7. The Morgan fingerprint density at radius 2 is 1.96 bits per heavy atom. The smallest absolute Gasteiger partial charge is 0.324 e. The maximum absolute atomic E-state index is 12.5. The highest BCUT2D eigenvalue weighted by Crippen LogP contribution is 2.30. The predicted molar refractivity (Wildman–Crippen MR) is 91.4 cm³/mol. The molecule has 0 aliphatic rings. The van der Waals surface area contributed by atoms with Gasteiger partial charge in [0.1, 0.15) is 0 Å². The summed E-state index contributed by atoms with van der Waals surface area (Å²) < 4.78 is 37.4. The van der Waals surface area contributed by atoms with Gasteiger partial charge in [-0.15, -0.1) is 11.8 Å². The third-order valence-electron chi connectivity index (χ3n) is 2.87. The number of aromatic nitrogens is 1. The lowest BCUT2D eigenvalue weighted by Crippen LogP contribution is -2.14. The van der Waals surface area contributed by atoms with E-state index >= 15 is 0 Å². The van der Waals surface area contributed by atoms with Crippen LogP contribution in [0, 0.1) is 11.3 Å². The lowest BCUT2D eigenvalue weighted by atomic mass is 10.3. The van der Waals surface area contributed by atoms with Crippen LogP contribution in [0.4, 0.5) is 18.9 Å². The molecular formula is C16H12F3N3OS2. The van der Waals surface area contributed by atoms with E-state index in [1.165, 1.54) is 17.8 Å². The summed E-state index contributed by atoms with van der Waals surface area (Å²) in [4.78, 5) is 16.5. The van der Waals surface area contributed by atoms with E-state index in [1.807, 2.05) is 6.07 Å². The number of benzene rings is 1. The van der Waals surface area contributed by atoms with Gasteiger partial charge in [-0.2, -0.15) is 18.4 Å². The molecular weight excluding hydrogens is 371 g/mol. The van der Waals surface area contributed by atoms with Crippen molar-refractivity contribution in [3.05, 3.63) is 48.2 Å². The van der Waals surface area contributed by atoms with Crippen LogP contribution in [0.5, 0.6) is 0 Å². The average Bonchev–Trinajstić information content (AvgIpc) is 2.59. The lowest BCUT2D eigenvalue weighted by Gasteiger charge is -2.10. The van der Waals surface area contributed by atoms with Crippen LogP contribution in [0.2, 0.25) is 0 Å². The molecule has 0 aliphatic heterocycles. The summed E-state index contributed by atoms with van der Waals surface area (Å²) in [6.45, 7) is 0. The molecule has 1 amide bonds. The van der Waals surface area contributed by atoms with Gasteiger partial charge in [0.15, 0.2) is 0 Å². The van der Waals surface area contributed by atoms with Crippen LogP contribution in [-0.4, -0.2) is 22.4 Å². The van der Waals surface area contributed by atoms with E-state index in [0.29, 0.717) is 10.7 Å². The van der Waals surface area contributed by atoms with Gasteiger partial charge in [0, 0.05) is 11.1 Å². The molecule has 0 radical (unpaired) electrons. The monoisotopic (exact) mass is 383 g/mol.